The van der Waals surface area contributed by atoms with Crippen molar-refractivity contribution in [1.82, 2.24) is 9.55 Å². The minimum Gasteiger partial charge on any atom is -0.325 e. The predicted molar refractivity (Wildman–Crippen MR) is 105 cm³/mol. The van der Waals surface area contributed by atoms with Crippen molar-refractivity contribution < 1.29 is 4.79 Å². The number of nitrogens with zero attached hydrogens (tertiary/aromatic N) is 2. The number of fused-ring (bicyclic) bond motifs is 1. The summed E-state index contributed by atoms with van der Waals surface area (Å²) >= 11 is 0. The Morgan fingerprint density at radius 3 is 2.54 bits per heavy atom. The first-order valence-electron chi connectivity index (χ1n) is 8.58. The molecule has 0 radical (unpaired) electrons. The zero-order valence-electron chi connectivity index (χ0n) is 14.5. The van der Waals surface area contributed by atoms with Crippen molar-refractivity contribution in [1.29, 1.82) is 0 Å². The fourth-order valence-corrected chi connectivity index (χ4v) is 3.11. The van der Waals surface area contributed by atoms with E-state index < -0.39 is 0 Å². The van der Waals surface area contributed by atoms with Crippen LogP contribution >= 0.6 is 0 Å². The number of para-hydroxylation sites is 3. The molecule has 4 aromatic rings. The van der Waals surface area contributed by atoms with E-state index in [0.29, 0.717) is 0 Å². The number of hydrogen-bond donors (Lipinski definition) is 1. The van der Waals surface area contributed by atoms with E-state index in [1.54, 1.807) is 0 Å². The first kappa shape index (κ1) is 16.1. The highest BCUT2D eigenvalue weighted by atomic mass is 16.1. The van der Waals surface area contributed by atoms with E-state index in [2.05, 4.69) is 24.4 Å². The van der Waals surface area contributed by atoms with E-state index in [9.17, 15) is 4.79 Å². The number of anilines is 1. The Hall–Kier alpha value is -3.40. The summed E-state index contributed by atoms with van der Waals surface area (Å²) in [5, 5.41) is 2.95. The molecule has 0 aliphatic rings. The lowest BCUT2D eigenvalue weighted by atomic mass is 10.1. The van der Waals surface area contributed by atoms with Crippen LogP contribution in [0.5, 0.6) is 0 Å². The molecule has 4 nitrogen and oxygen atoms in total. The Morgan fingerprint density at radius 1 is 0.962 bits per heavy atom. The molecule has 26 heavy (non-hydrogen) atoms. The van der Waals surface area contributed by atoms with Crippen LogP contribution in [0.2, 0.25) is 0 Å². The van der Waals surface area contributed by atoms with Gasteiger partial charge < -0.3 is 9.88 Å². The van der Waals surface area contributed by atoms with Gasteiger partial charge >= 0.3 is 0 Å². The Labute approximate surface area is 152 Å². The summed E-state index contributed by atoms with van der Waals surface area (Å²) < 4.78 is 1.97. The topological polar surface area (TPSA) is 46.9 Å². The Bertz CT molecular complexity index is 1070. The van der Waals surface area contributed by atoms with Crippen LogP contribution in [0, 0.1) is 6.92 Å². The molecule has 4 rings (SSSR count). The van der Waals surface area contributed by atoms with E-state index in [1.807, 2.05) is 71.3 Å². The molecule has 0 unspecified atom stereocenters. The maximum absolute atomic E-state index is 12.6. The van der Waals surface area contributed by atoms with Crippen LogP contribution in [0.4, 0.5) is 5.69 Å². The number of hydrogen-bond acceptors (Lipinski definition) is 2. The molecule has 0 aliphatic heterocycles. The fraction of sp³-hybridized carbons (Fsp3) is 0.0909. The summed E-state index contributed by atoms with van der Waals surface area (Å²) in [6.07, 6.45) is 0. The molecule has 0 fully saturated rings. The minimum atomic E-state index is -0.0757. The fourth-order valence-electron chi connectivity index (χ4n) is 3.11. The van der Waals surface area contributed by atoms with E-state index >= 15 is 0 Å². The number of imidazole rings is 1. The third-order valence-electron chi connectivity index (χ3n) is 4.29. The van der Waals surface area contributed by atoms with Gasteiger partial charge in [-0.25, -0.2) is 4.98 Å². The van der Waals surface area contributed by atoms with Crippen LogP contribution < -0.4 is 5.32 Å². The molecule has 0 saturated carbocycles. The van der Waals surface area contributed by atoms with Gasteiger partial charge in [0.05, 0.1) is 11.0 Å². The molecule has 0 spiro atoms. The highest BCUT2D eigenvalue weighted by Crippen LogP contribution is 2.25. The van der Waals surface area contributed by atoms with Crippen molar-refractivity contribution in [3.63, 3.8) is 0 Å². The molecule has 0 atom stereocenters. The van der Waals surface area contributed by atoms with E-state index in [1.165, 1.54) is 0 Å². The molecular weight excluding hydrogens is 322 g/mol. The summed E-state index contributed by atoms with van der Waals surface area (Å²) in [4.78, 5) is 17.4. The van der Waals surface area contributed by atoms with Gasteiger partial charge in [-0.3, -0.25) is 4.79 Å². The third kappa shape index (κ3) is 3.22. The molecule has 0 aliphatic carbocycles. The van der Waals surface area contributed by atoms with Gasteiger partial charge in [0.15, 0.2) is 0 Å². The first-order chi connectivity index (χ1) is 12.7. The van der Waals surface area contributed by atoms with Gasteiger partial charge in [-0.15, -0.1) is 0 Å². The largest absolute Gasteiger partial charge is 0.325 e. The Morgan fingerprint density at radius 2 is 1.73 bits per heavy atom. The molecule has 1 heterocycles. The second kappa shape index (κ2) is 6.84. The highest BCUT2D eigenvalue weighted by molar-refractivity contribution is 5.92. The predicted octanol–water partition coefficient (Wildman–Crippen LogP) is 4.65. The van der Waals surface area contributed by atoms with Crippen molar-refractivity contribution >= 4 is 22.6 Å². The number of rotatable bonds is 4. The molecule has 128 valence electrons. The van der Waals surface area contributed by atoms with Crippen LogP contribution in [-0.2, 0) is 11.3 Å². The van der Waals surface area contributed by atoms with Crippen LogP contribution in [0.15, 0.2) is 78.9 Å². The van der Waals surface area contributed by atoms with Gasteiger partial charge in [0.25, 0.3) is 0 Å². The van der Waals surface area contributed by atoms with E-state index in [4.69, 9.17) is 4.98 Å². The minimum absolute atomic E-state index is 0.0757. The summed E-state index contributed by atoms with van der Waals surface area (Å²) in [7, 11) is 0. The second-order valence-electron chi connectivity index (χ2n) is 6.29. The SMILES string of the molecule is Cc1cccc(-c2nc3ccccc3n2CC(=O)Nc2ccccc2)c1. The van der Waals surface area contributed by atoms with Crippen LogP contribution in [-0.4, -0.2) is 15.5 Å². The normalized spacial score (nSPS) is 10.8. The Balaban J connectivity index is 1.73. The molecule has 0 saturated heterocycles. The lowest BCUT2D eigenvalue weighted by Gasteiger charge is -2.10. The van der Waals surface area contributed by atoms with Gasteiger partial charge in [0, 0.05) is 11.3 Å². The maximum Gasteiger partial charge on any atom is 0.244 e. The molecule has 4 heteroatoms. The number of aromatic nitrogens is 2. The quantitative estimate of drug-likeness (QED) is 0.587. The smallest absolute Gasteiger partial charge is 0.244 e. The number of aryl methyl sites for hydroxylation is 1. The summed E-state index contributed by atoms with van der Waals surface area (Å²) in [5.74, 6) is 0.728. The molecule has 1 aromatic heterocycles. The summed E-state index contributed by atoms with van der Waals surface area (Å²) in [6, 6.07) is 25.6. The number of nitrogens with one attached hydrogen (secondary N) is 1. The third-order valence-corrected chi connectivity index (χ3v) is 4.29. The van der Waals surface area contributed by atoms with Crippen LogP contribution in [0.1, 0.15) is 5.56 Å². The van der Waals surface area contributed by atoms with Gasteiger partial charge in [-0.2, -0.15) is 0 Å². The van der Waals surface area contributed by atoms with Crippen molar-refractivity contribution in [2.24, 2.45) is 0 Å². The van der Waals surface area contributed by atoms with Crippen molar-refractivity contribution in [2.75, 3.05) is 5.32 Å². The number of carbonyl (C=O) groups excluding carboxylic acids is 1. The highest BCUT2D eigenvalue weighted by Gasteiger charge is 2.15. The standard InChI is InChI=1S/C22H19N3O/c1-16-8-7-9-17(14-16)22-24-19-12-5-6-13-20(19)25(22)15-21(26)23-18-10-3-2-4-11-18/h2-14H,15H2,1H3,(H,23,26). The first-order valence-corrected chi connectivity index (χ1v) is 8.58. The average molecular weight is 341 g/mol. The summed E-state index contributed by atoms with van der Waals surface area (Å²) in [6.45, 7) is 2.26. The van der Waals surface area contributed by atoms with E-state index in [-0.39, 0.29) is 12.5 Å². The van der Waals surface area contributed by atoms with Gasteiger partial charge in [0.2, 0.25) is 5.91 Å². The van der Waals surface area contributed by atoms with Crippen molar-refractivity contribution in [2.45, 2.75) is 13.5 Å². The second-order valence-corrected chi connectivity index (χ2v) is 6.29. The maximum atomic E-state index is 12.6. The molecule has 3 aromatic carbocycles. The molecule has 1 amide bonds. The van der Waals surface area contributed by atoms with E-state index in [0.717, 1.165) is 33.7 Å². The average Bonchev–Trinajstić information content (AvgIpc) is 3.01. The number of benzene rings is 3. The van der Waals surface area contributed by atoms with Crippen LogP contribution in [0.3, 0.4) is 0 Å². The Kier molecular flexibility index (Phi) is 4.23. The van der Waals surface area contributed by atoms with Gasteiger partial charge in [0.1, 0.15) is 12.4 Å². The number of amides is 1. The molecule has 0 bridgehead atoms. The molecular formula is C22H19N3O. The van der Waals surface area contributed by atoms with Gasteiger partial charge in [-0.05, 0) is 37.3 Å². The summed E-state index contributed by atoms with van der Waals surface area (Å²) in [5.41, 5.74) is 4.80. The lowest BCUT2D eigenvalue weighted by Crippen LogP contribution is -2.19. The zero-order valence-corrected chi connectivity index (χ0v) is 14.5. The van der Waals surface area contributed by atoms with Crippen molar-refractivity contribution in [3.05, 3.63) is 84.4 Å². The van der Waals surface area contributed by atoms with Crippen molar-refractivity contribution in [3.8, 4) is 11.4 Å². The number of carbonyl (C=O) groups is 1. The van der Waals surface area contributed by atoms with Gasteiger partial charge in [-0.1, -0.05) is 54.1 Å². The monoisotopic (exact) mass is 341 g/mol. The van der Waals surface area contributed by atoms with Crippen LogP contribution in [0.25, 0.3) is 22.4 Å². The lowest BCUT2D eigenvalue weighted by molar-refractivity contribution is -0.116. The zero-order chi connectivity index (χ0) is 17.9. The molecule has 1 N–H and O–H groups in total.